The molecular formula is C14H21N3O4S. The third-order valence-corrected chi connectivity index (χ3v) is 4.74. The first kappa shape index (κ1) is 16.7. The highest BCUT2D eigenvalue weighted by Crippen LogP contribution is 2.27. The summed E-state index contributed by atoms with van der Waals surface area (Å²) in [6, 6.07) is 2.35. The van der Waals surface area contributed by atoms with Gasteiger partial charge in [0.25, 0.3) is 0 Å². The van der Waals surface area contributed by atoms with Gasteiger partial charge < -0.3 is 15.7 Å². The molecule has 0 aliphatic heterocycles. The monoisotopic (exact) mass is 327 g/mol. The first-order valence-electron chi connectivity index (χ1n) is 7.22. The van der Waals surface area contributed by atoms with Crippen molar-refractivity contribution in [2.45, 2.75) is 42.7 Å². The average Bonchev–Trinajstić information content (AvgIpc) is 2.46. The van der Waals surface area contributed by atoms with Crippen molar-refractivity contribution in [2.75, 3.05) is 18.1 Å². The second-order valence-corrected chi connectivity index (χ2v) is 7.71. The van der Waals surface area contributed by atoms with Gasteiger partial charge >= 0.3 is 6.03 Å². The van der Waals surface area contributed by atoms with E-state index >= 15 is 0 Å². The van der Waals surface area contributed by atoms with Crippen LogP contribution in [0.4, 0.5) is 10.5 Å². The zero-order chi connectivity index (χ0) is 16.2. The topological polar surface area (TPSA) is 108 Å². The average molecular weight is 327 g/mol. The first-order valence-corrected chi connectivity index (χ1v) is 9.11. The third-order valence-electron chi connectivity index (χ3n) is 3.74. The number of aromatic nitrogens is 1. The maximum absolute atomic E-state index is 11.8. The van der Waals surface area contributed by atoms with Crippen LogP contribution in [0.1, 0.15) is 32.1 Å². The standard InChI is InChI=1S/C14H21N3O4S/c1-22(20,21)12-6-5-11(9-15-12)17-13(18)16-10-14(19)7-3-2-4-8-14/h5-6,9,19H,2-4,7-8,10H2,1H3,(H2,16,17,18). The molecule has 0 spiro atoms. The fourth-order valence-corrected chi connectivity index (χ4v) is 3.04. The Balaban J connectivity index is 1.86. The Bertz CT molecular complexity index is 622. The van der Waals surface area contributed by atoms with Gasteiger partial charge in [0.2, 0.25) is 0 Å². The Kier molecular flexibility index (Phi) is 5.02. The number of carbonyl (C=O) groups is 1. The van der Waals surface area contributed by atoms with Crippen molar-refractivity contribution in [1.29, 1.82) is 0 Å². The lowest BCUT2D eigenvalue weighted by Gasteiger charge is -2.32. The number of anilines is 1. The molecule has 2 rings (SSSR count). The van der Waals surface area contributed by atoms with E-state index in [1.54, 1.807) is 0 Å². The van der Waals surface area contributed by atoms with Crippen LogP contribution in [0.5, 0.6) is 0 Å². The molecule has 1 aliphatic carbocycles. The number of nitrogens with one attached hydrogen (secondary N) is 2. The lowest BCUT2D eigenvalue weighted by Crippen LogP contribution is -2.45. The van der Waals surface area contributed by atoms with Gasteiger partial charge in [0.05, 0.1) is 17.5 Å². The zero-order valence-electron chi connectivity index (χ0n) is 12.5. The number of sulfone groups is 1. The number of aliphatic hydroxyl groups is 1. The molecule has 1 aromatic heterocycles. The lowest BCUT2D eigenvalue weighted by atomic mass is 9.85. The van der Waals surface area contributed by atoms with Crippen LogP contribution in [0.3, 0.4) is 0 Å². The summed E-state index contributed by atoms with van der Waals surface area (Å²) in [5.74, 6) is 0. The van der Waals surface area contributed by atoms with E-state index < -0.39 is 21.5 Å². The zero-order valence-corrected chi connectivity index (χ0v) is 13.3. The van der Waals surface area contributed by atoms with E-state index in [9.17, 15) is 18.3 Å². The van der Waals surface area contributed by atoms with E-state index in [-0.39, 0.29) is 11.6 Å². The molecule has 0 bridgehead atoms. The second-order valence-electron chi connectivity index (χ2n) is 5.75. The van der Waals surface area contributed by atoms with Crippen LogP contribution in [0.15, 0.2) is 23.4 Å². The maximum atomic E-state index is 11.8. The van der Waals surface area contributed by atoms with Crippen molar-refractivity contribution in [3.63, 3.8) is 0 Å². The summed E-state index contributed by atoms with van der Waals surface area (Å²) in [4.78, 5) is 15.6. The van der Waals surface area contributed by atoms with Crippen LogP contribution in [0, 0.1) is 0 Å². The van der Waals surface area contributed by atoms with Crippen LogP contribution >= 0.6 is 0 Å². The molecule has 1 aromatic rings. The summed E-state index contributed by atoms with van der Waals surface area (Å²) in [5, 5.41) is 15.4. The summed E-state index contributed by atoms with van der Waals surface area (Å²) in [6.45, 7) is 0.202. The predicted molar refractivity (Wildman–Crippen MR) is 82.4 cm³/mol. The number of hydrogen-bond donors (Lipinski definition) is 3. The van der Waals surface area contributed by atoms with Gasteiger partial charge in [-0.2, -0.15) is 0 Å². The summed E-state index contributed by atoms with van der Waals surface area (Å²) in [7, 11) is -3.35. The van der Waals surface area contributed by atoms with E-state index in [1.165, 1.54) is 18.3 Å². The third kappa shape index (κ3) is 4.67. The number of pyridine rings is 1. The van der Waals surface area contributed by atoms with Gasteiger partial charge in [-0.05, 0) is 25.0 Å². The number of hydrogen-bond acceptors (Lipinski definition) is 5. The number of carbonyl (C=O) groups excluding carboxylic acids is 1. The molecule has 0 radical (unpaired) electrons. The normalized spacial score (nSPS) is 17.7. The van der Waals surface area contributed by atoms with Crippen molar-refractivity contribution in [3.8, 4) is 0 Å². The Labute approximate surface area is 130 Å². The van der Waals surface area contributed by atoms with Gasteiger partial charge in [0.15, 0.2) is 14.9 Å². The van der Waals surface area contributed by atoms with E-state index in [0.29, 0.717) is 18.5 Å². The molecule has 0 aromatic carbocycles. The highest BCUT2D eigenvalue weighted by Gasteiger charge is 2.29. The summed E-state index contributed by atoms with van der Waals surface area (Å²) < 4.78 is 22.6. The fourth-order valence-electron chi connectivity index (χ4n) is 2.48. The molecule has 8 heteroatoms. The predicted octanol–water partition coefficient (Wildman–Crippen LogP) is 1.30. The van der Waals surface area contributed by atoms with Crippen molar-refractivity contribution in [2.24, 2.45) is 0 Å². The molecule has 1 saturated carbocycles. The van der Waals surface area contributed by atoms with Crippen molar-refractivity contribution < 1.29 is 18.3 Å². The van der Waals surface area contributed by atoms with Crippen LogP contribution in [0.2, 0.25) is 0 Å². The van der Waals surface area contributed by atoms with Gasteiger partial charge in [-0.25, -0.2) is 18.2 Å². The number of nitrogens with zero attached hydrogens (tertiary/aromatic N) is 1. The van der Waals surface area contributed by atoms with Crippen molar-refractivity contribution in [3.05, 3.63) is 18.3 Å². The smallest absolute Gasteiger partial charge is 0.319 e. The molecule has 2 amide bonds. The fraction of sp³-hybridized carbons (Fsp3) is 0.571. The maximum Gasteiger partial charge on any atom is 0.319 e. The summed E-state index contributed by atoms with van der Waals surface area (Å²) >= 11 is 0. The minimum Gasteiger partial charge on any atom is -0.388 e. The van der Waals surface area contributed by atoms with Gasteiger partial charge in [-0.3, -0.25) is 0 Å². The second kappa shape index (κ2) is 6.62. The van der Waals surface area contributed by atoms with Gasteiger partial charge in [-0.15, -0.1) is 0 Å². The van der Waals surface area contributed by atoms with E-state index in [1.807, 2.05) is 0 Å². The minimum atomic E-state index is -3.35. The molecule has 1 aliphatic rings. The Morgan fingerprint density at radius 2 is 2.00 bits per heavy atom. The molecule has 0 unspecified atom stereocenters. The van der Waals surface area contributed by atoms with E-state index in [0.717, 1.165) is 25.5 Å². The van der Waals surface area contributed by atoms with Crippen LogP contribution in [0.25, 0.3) is 0 Å². The minimum absolute atomic E-state index is 0.0463. The molecule has 22 heavy (non-hydrogen) atoms. The molecule has 3 N–H and O–H groups in total. The van der Waals surface area contributed by atoms with Gasteiger partial charge in [-0.1, -0.05) is 19.3 Å². The van der Waals surface area contributed by atoms with Gasteiger partial charge in [0.1, 0.15) is 0 Å². The number of amides is 2. The molecular weight excluding hydrogens is 306 g/mol. The van der Waals surface area contributed by atoms with Crippen molar-refractivity contribution in [1.82, 2.24) is 10.3 Å². The SMILES string of the molecule is CS(=O)(=O)c1ccc(NC(=O)NCC2(O)CCCCC2)cn1. The quantitative estimate of drug-likeness (QED) is 0.772. The highest BCUT2D eigenvalue weighted by atomic mass is 32.2. The summed E-state index contributed by atoms with van der Waals surface area (Å²) in [5.41, 5.74) is -0.436. The largest absolute Gasteiger partial charge is 0.388 e. The number of urea groups is 1. The number of rotatable bonds is 4. The van der Waals surface area contributed by atoms with E-state index in [4.69, 9.17) is 0 Å². The van der Waals surface area contributed by atoms with Gasteiger partial charge in [0, 0.05) is 12.8 Å². The molecule has 122 valence electrons. The van der Waals surface area contributed by atoms with Crippen LogP contribution in [-0.4, -0.2) is 42.9 Å². The Morgan fingerprint density at radius 3 is 2.55 bits per heavy atom. The lowest BCUT2D eigenvalue weighted by molar-refractivity contribution is 0.00755. The van der Waals surface area contributed by atoms with Crippen LogP contribution in [-0.2, 0) is 9.84 Å². The molecule has 0 atom stereocenters. The Morgan fingerprint density at radius 1 is 1.32 bits per heavy atom. The van der Waals surface area contributed by atoms with Crippen LogP contribution < -0.4 is 10.6 Å². The van der Waals surface area contributed by atoms with Crippen molar-refractivity contribution >= 4 is 21.6 Å². The molecule has 0 saturated heterocycles. The Hall–Kier alpha value is -1.67. The first-order chi connectivity index (χ1) is 10.3. The highest BCUT2D eigenvalue weighted by molar-refractivity contribution is 7.90. The molecule has 1 heterocycles. The van der Waals surface area contributed by atoms with E-state index in [2.05, 4.69) is 15.6 Å². The summed E-state index contributed by atoms with van der Waals surface area (Å²) in [6.07, 6.45) is 6.79. The molecule has 7 nitrogen and oxygen atoms in total. The molecule has 1 fully saturated rings.